The number of ether oxygens (including phenoxy) is 4. The molecule has 50 heavy (non-hydrogen) atoms. The number of unbranched alkanes of at least 4 members (excludes halogenated alkanes) is 1. The van der Waals surface area contributed by atoms with Crippen LogP contribution in [0.2, 0.25) is 0 Å². The molecule has 0 radical (unpaired) electrons. The van der Waals surface area contributed by atoms with Crippen molar-refractivity contribution in [2.75, 3.05) is 6.61 Å². The van der Waals surface area contributed by atoms with Crippen molar-refractivity contribution >= 4 is 49.8 Å². The standard InChI is InChI=1S/C39H40Br2F2O7/c1-26(2)48-36(44)13-9-4-3-8-12-32-33(22-23-39(42,43)25-47-31-10-6-5-7-11-31)35(50-38(46)28-16-20-30(41)21-17-28)24-34(32)49-37(45)27-14-18-29(40)19-15-27/h3,5-8,10-11,14-23,26,32-35H,4,9,12-13,24-25H2,1-2H3/t32-,33-,34+,35-/m1/s1. The number of carbonyl (C=O) groups excluding carboxylic acids is 3. The van der Waals surface area contributed by atoms with E-state index in [0.29, 0.717) is 36.1 Å². The van der Waals surface area contributed by atoms with E-state index in [9.17, 15) is 14.4 Å². The minimum absolute atomic E-state index is 0.102. The first-order valence-electron chi connectivity index (χ1n) is 16.4. The normalized spacial score (nSPS) is 19.2. The van der Waals surface area contributed by atoms with Crippen LogP contribution in [0.25, 0.3) is 0 Å². The second-order valence-electron chi connectivity index (χ2n) is 12.2. The lowest BCUT2D eigenvalue weighted by molar-refractivity contribution is -0.147. The van der Waals surface area contributed by atoms with E-state index in [-0.39, 0.29) is 24.9 Å². The number of rotatable bonds is 16. The van der Waals surface area contributed by atoms with E-state index in [1.165, 1.54) is 6.08 Å². The van der Waals surface area contributed by atoms with E-state index < -0.39 is 48.5 Å². The summed E-state index contributed by atoms with van der Waals surface area (Å²) in [6, 6.07) is 21.6. The topological polar surface area (TPSA) is 88.1 Å². The quantitative estimate of drug-likeness (QED) is 0.0616. The van der Waals surface area contributed by atoms with Crippen LogP contribution in [0.15, 0.2) is 112 Å². The molecule has 0 bridgehead atoms. The van der Waals surface area contributed by atoms with Crippen LogP contribution in [-0.2, 0) is 19.0 Å². The van der Waals surface area contributed by atoms with Gasteiger partial charge in [-0.3, -0.25) is 4.79 Å². The number of hydrogen-bond donors (Lipinski definition) is 0. The lowest BCUT2D eigenvalue weighted by Crippen LogP contribution is -2.28. The molecule has 0 amide bonds. The molecule has 1 fully saturated rings. The lowest BCUT2D eigenvalue weighted by atomic mass is 9.89. The Bertz CT molecular complexity index is 1610. The highest BCUT2D eigenvalue weighted by molar-refractivity contribution is 9.10. The van der Waals surface area contributed by atoms with Crippen LogP contribution in [-0.4, -0.2) is 48.7 Å². The highest BCUT2D eigenvalue weighted by Crippen LogP contribution is 2.41. The van der Waals surface area contributed by atoms with Gasteiger partial charge in [-0.05, 0) is 99.8 Å². The Morgan fingerprint density at radius 1 is 0.840 bits per heavy atom. The first-order chi connectivity index (χ1) is 23.9. The SMILES string of the molecule is CC(C)OC(=O)CCCC=CC[C@@H]1[C@@H](C=CC(F)(F)COc2ccccc2)[C@H](OC(=O)c2ccc(Br)cc2)C[C@@H]1OC(=O)c1ccc(Br)cc1. The molecule has 1 aliphatic carbocycles. The summed E-state index contributed by atoms with van der Waals surface area (Å²) < 4.78 is 54.5. The average molecular weight is 819 g/mol. The van der Waals surface area contributed by atoms with Crippen LogP contribution >= 0.6 is 31.9 Å². The monoisotopic (exact) mass is 816 g/mol. The number of halogens is 4. The molecule has 7 nitrogen and oxygen atoms in total. The third kappa shape index (κ3) is 12.5. The molecule has 0 N–H and O–H groups in total. The van der Waals surface area contributed by atoms with Crippen LogP contribution in [0, 0.1) is 11.8 Å². The molecule has 0 saturated heterocycles. The molecule has 4 atom stereocenters. The molecule has 0 spiro atoms. The number of carbonyl (C=O) groups is 3. The maximum Gasteiger partial charge on any atom is 0.338 e. The number of allylic oxidation sites excluding steroid dienone is 2. The van der Waals surface area contributed by atoms with Crippen molar-refractivity contribution in [3.8, 4) is 5.75 Å². The highest BCUT2D eigenvalue weighted by atomic mass is 79.9. The van der Waals surface area contributed by atoms with Gasteiger partial charge >= 0.3 is 17.9 Å². The second kappa shape index (κ2) is 19.0. The molecule has 0 unspecified atom stereocenters. The fourth-order valence-electron chi connectivity index (χ4n) is 5.56. The summed E-state index contributed by atoms with van der Waals surface area (Å²) in [4.78, 5) is 38.5. The zero-order chi connectivity index (χ0) is 36.1. The predicted molar refractivity (Wildman–Crippen MR) is 193 cm³/mol. The Hall–Kier alpha value is -3.83. The fraction of sp³-hybridized carbons (Fsp3) is 0.359. The number of esters is 3. The highest BCUT2D eigenvalue weighted by Gasteiger charge is 2.46. The first-order valence-corrected chi connectivity index (χ1v) is 18.0. The van der Waals surface area contributed by atoms with Crippen molar-refractivity contribution in [3.63, 3.8) is 0 Å². The summed E-state index contributed by atoms with van der Waals surface area (Å²) in [6.07, 6.45) is 5.94. The van der Waals surface area contributed by atoms with Crippen LogP contribution in [0.1, 0.15) is 66.7 Å². The summed E-state index contributed by atoms with van der Waals surface area (Å²) in [5, 5.41) is 0. The molecule has 3 aromatic rings. The van der Waals surface area contributed by atoms with E-state index in [1.54, 1.807) is 92.7 Å². The zero-order valence-electron chi connectivity index (χ0n) is 27.8. The van der Waals surface area contributed by atoms with Crippen molar-refractivity contribution in [2.24, 2.45) is 11.8 Å². The van der Waals surface area contributed by atoms with Crippen molar-refractivity contribution in [1.29, 1.82) is 0 Å². The van der Waals surface area contributed by atoms with Crippen LogP contribution in [0.5, 0.6) is 5.75 Å². The summed E-state index contributed by atoms with van der Waals surface area (Å²) in [5.74, 6) is -5.77. The molecule has 0 aliphatic heterocycles. The van der Waals surface area contributed by atoms with Crippen molar-refractivity contribution in [2.45, 2.75) is 70.2 Å². The first kappa shape index (κ1) is 39.0. The number of hydrogen-bond acceptors (Lipinski definition) is 7. The summed E-state index contributed by atoms with van der Waals surface area (Å²) >= 11 is 6.72. The number of benzene rings is 3. The van der Waals surface area contributed by atoms with Gasteiger partial charge in [-0.1, -0.05) is 68.3 Å². The van der Waals surface area contributed by atoms with E-state index in [0.717, 1.165) is 15.0 Å². The van der Waals surface area contributed by atoms with Crippen molar-refractivity contribution in [3.05, 3.63) is 123 Å². The Kier molecular flexibility index (Phi) is 14.8. The molecule has 11 heteroatoms. The molecular formula is C39H40Br2F2O7. The molecule has 3 aromatic carbocycles. The van der Waals surface area contributed by atoms with Gasteiger partial charge in [0.15, 0.2) is 6.61 Å². The third-order valence-electron chi connectivity index (χ3n) is 7.97. The van der Waals surface area contributed by atoms with Gasteiger partial charge in [0.1, 0.15) is 18.0 Å². The molecule has 0 aromatic heterocycles. The molecular weight excluding hydrogens is 778 g/mol. The average Bonchev–Trinajstić information content (AvgIpc) is 3.39. The predicted octanol–water partition coefficient (Wildman–Crippen LogP) is 9.94. The van der Waals surface area contributed by atoms with Crippen LogP contribution in [0.3, 0.4) is 0 Å². The van der Waals surface area contributed by atoms with Gasteiger partial charge < -0.3 is 18.9 Å². The molecule has 1 saturated carbocycles. The largest absolute Gasteiger partial charge is 0.487 e. The summed E-state index contributed by atoms with van der Waals surface area (Å²) in [5.41, 5.74) is 0.614. The van der Waals surface area contributed by atoms with Crippen LogP contribution < -0.4 is 4.74 Å². The van der Waals surface area contributed by atoms with E-state index in [2.05, 4.69) is 31.9 Å². The number of alkyl halides is 2. The molecule has 1 aliphatic rings. The maximum absolute atomic E-state index is 15.2. The number of para-hydroxylation sites is 1. The van der Waals surface area contributed by atoms with Gasteiger partial charge in [-0.2, -0.15) is 8.78 Å². The Morgan fingerprint density at radius 2 is 1.42 bits per heavy atom. The van der Waals surface area contributed by atoms with Gasteiger partial charge in [-0.15, -0.1) is 0 Å². The van der Waals surface area contributed by atoms with Gasteiger partial charge in [-0.25, -0.2) is 9.59 Å². The van der Waals surface area contributed by atoms with Crippen molar-refractivity contribution in [1.82, 2.24) is 0 Å². The molecule has 0 heterocycles. The Morgan fingerprint density at radius 3 is 2.00 bits per heavy atom. The minimum Gasteiger partial charge on any atom is -0.487 e. The lowest BCUT2D eigenvalue weighted by Gasteiger charge is -2.24. The fourth-order valence-corrected chi connectivity index (χ4v) is 6.09. The maximum atomic E-state index is 15.2. The van der Waals surface area contributed by atoms with Gasteiger partial charge in [0, 0.05) is 33.6 Å². The third-order valence-corrected chi connectivity index (χ3v) is 9.03. The smallest absolute Gasteiger partial charge is 0.338 e. The van der Waals surface area contributed by atoms with E-state index in [4.69, 9.17) is 18.9 Å². The Labute approximate surface area is 308 Å². The Balaban J connectivity index is 1.57. The van der Waals surface area contributed by atoms with Gasteiger partial charge in [0.2, 0.25) is 0 Å². The van der Waals surface area contributed by atoms with E-state index in [1.807, 2.05) is 12.2 Å². The summed E-state index contributed by atoms with van der Waals surface area (Å²) in [7, 11) is 0. The minimum atomic E-state index is -3.35. The molecule has 266 valence electrons. The summed E-state index contributed by atoms with van der Waals surface area (Å²) in [6.45, 7) is 2.69. The van der Waals surface area contributed by atoms with Gasteiger partial charge in [0.05, 0.1) is 17.2 Å². The zero-order valence-corrected chi connectivity index (χ0v) is 31.0. The second-order valence-corrected chi connectivity index (χ2v) is 14.1. The van der Waals surface area contributed by atoms with Gasteiger partial charge in [0.25, 0.3) is 5.92 Å². The van der Waals surface area contributed by atoms with E-state index >= 15 is 8.78 Å². The molecule has 4 rings (SSSR count). The van der Waals surface area contributed by atoms with Crippen molar-refractivity contribution < 1.29 is 42.1 Å². The van der Waals surface area contributed by atoms with Crippen LogP contribution in [0.4, 0.5) is 8.78 Å².